The van der Waals surface area contributed by atoms with Crippen LogP contribution in [0, 0.1) is 13.8 Å². The van der Waals surface area contributed by atoms with Gasteiger partial charge >= 0.3 is 0 Å². The molecule has 0 spiro atoms. The van der Waals surface area contributed by atoms with Crippen molar-refractivity contribution in [3.05, 3.63) is 29.1 Å². The van der Waals surface area contributed by atoms with Crippen LogP contribution in [0.15, 0.2) is 12.1 Å². The maximum Gasteiger partial charge on any atom is 0.137 e. The fourth-order valence-corrected chi connectivity index (χ4v) is 1.83. The molecule has 0 radical (unpaired) electrons. The SMILES string of the molecule is CCC(C(C)=O)c1cc(C)nc(C)c1. The number of ketones is 1. The van der Waals surface area contributed by atoms with Gasteiger partial charge in [-0.15, -0.1) is 0 Å². The Balaban J connectivity index is 3.10. The molecule has 1 heterocycles. The van der Waals surface area contributed by atoms with Crippen molar-refractivity contribution in [3.8, 4) is 0 Å². The Morgan fingerprint density at radius 1 is 1.36 bits per heavy atom. The number of nitrogens with zero attached hydrogens (tertiary/aromatic N) is 1. The molecule has 0 N–H and O–H groups in total. The molecule has 0 amide bonds. The number of pyridine rings is 1. The molecule has 1 unspecified atom stereocenters. The molecule has 0 aromatic carbocycles. The number of carbonyl (C=O) groups is 1. The quantitative estimate of drug-likeness (QED) is 0.735. The van der Waals surface area contributed by atoms with E-state index >= 15 is 0 Å². The predicted molar refractivity (Wildman–Crippen MR) is 57.4 cm³/mol. The largest absolute Gasteiger partial charge is 0.299 e. The van der Waals surface area contributed by atoms with E-state index in [1.54, 1.807) is 6.92 Å². The summed E-state index contributed by atoms with van der Waals surface area (Å²) in [5, 5.41) is 0. The van der Waals surface area contributed by atoms with E-state index in [1.807, 2.05) is 32.9 Å². The maximum absolute atomic E-state index is 11.4. The molecule has 1 aromatic heterocycles. The number of rotatable bonds is 3. The van der Waals surface area contributed by atoms with E-state index in [-0.39, 0.29) is 11.7 Å². The van der Waals surface area contributed by atoms with E-state index < -0.39 is 0 Å². The van der Waals surface area contributed by atoms with Crippen molar-refractivity contribution in [2.24, 2.45) is 0 Å². The smallest absolute Gasteiger partial charge is 0.137 e. The number of carbonyl (C=O) groups excluding carboxylic acids is 1. The third-order valence-electron chi connectivity index (χ3n) is 2.41. The number of aromatic nitrogens is 1. The zero-order valence-corrected chi connectivity index (χ0v) is 9.29. The molecule has 0 fully saturated rings. The van der Waals surface area contributed by atoms with Gasteiger partial charge in [-0.3, -0.25) is 9.78 Å². The van der Waals surface area contributed by atoms with Crippen LogP contribution in [0.2, 0.25) is 0 Å². The molecule has 0 aliphatic carbocycles. The van der Waals surface area contributed by atoms with Crippen molar-refractivity contribution in [1.29, 1.82) is 0 Å². The minimum absolute atomic E-state index is 0.0374. The third kappa shape index (κ3) is 2.41. The second-order valence-electron chi connectivity index (χ2n) is 3.75. The van der Waals surface area contributed by atoms with Crippen LogP contribution in [0.4, 0.5) is 0 Å². The van der Waals surface area contributed by atoms with Crippen LogP contribution < -0.4 is 0 Å². The van der Waals surface area contributed by atoms with Gasteiger partial charge in [-0.1, -0.05) is 6.92 Å². The first-order valence-corrected chi connectivity index (χ1v) is 5.00. The van der Waals surface area contributed by atoms with E-state index in [2.05, 4.69) is 4.98 Å². The Kier molecular flexibility index (Phi) is 3.39. The Morgan fingerprint density at radius 3 is 2.21 bits per heavy atom. The Morgan fingerprint density at radius 2 is 1.86 bits per heavy atom. The maximum atomic E-state index is 11.4. The van der Waals surface area contributed by atoms with Gasteiger partial charge in [-0.05, 0) is 44.9 Å². The summed E-state index contributed by atoms with van der Waals surface area (Å²) in [4.78, 5) is 15.7. The highest BCUT2D eigenvalue weighted by atomic mass is 16.1. The van der Waals surface area contributed by atoms with Crippen LogP contribution in [0.5, 0.6) is 0 Å². The Hall–Kier alpha value is -1.18. The van der Waals surface area contributed by atoms with Gasteiger partial charge in [-0.25, -0.2) is 0 Å². The second-order valence-corrected chi connectivity index (χ2v) is 3.75. The lowest BCUT2D eigenvalue weighted by molar-refractivity contribution is -0.118. The standard InChI is InChI=1S/C12H17NO/c1-5-12(10(4)14)11-6-8(2)13-9(3)7-11/h6-7,12H,5H2,1-4H3. The van der Waals surface area contributed by atoms with Gasteiger partial charge in [0.2, 0.25) is 0 Å². The third-order valence-corrected chi connectivity index (χ3v) is 2.41. The molecule has 1 atom stereocenters. The molecule has 76 valence electrons. The summed E-state index contributed by atoms with van der Waals surface area (Å²) in [5.41, 5.74) is 3.07. The molecular formula is C12H17NO. The molecule has 2 nitrogen and oxygen atoms in total. The molecule has 0 aliphatic rings. The van der Waals surface area contributed by atoms with E-state index in [9.17, 15) is 4.79 Å². The molecule has 1 rings (SSSR count). The van der Waals surface area contributed by atoms with Crippen molar-refractivity contribution < 1.29 is 4.79 Å². The van der Waals surface area contributed by atoms with Crippen molar-refractivity contribution in [3.63, 3.8) is 0 Å². The summed E-state index contributed by atoms with van der Waals surface area (Å²) in [6.07, 6.45) is 0.859. The zero-order chi connectivity index (χ0) is 10.7. The lowest BCUT2D eigenvalue weighted by atomic mass is 9.93. The minimum Gasteiger partial charge on any atom is -0.299 e. The van der Waals surface area contributed by atoms with E-state index in [0.29, 0.717) is 0 Å². The summed E-state index contributed by atoms with van der Waals surface area (Å²) in [6.45, 7) is 7.61. The summed E-state index contributed by atoms with van der Waals surface area (Å²) in [5.74, 6) is 0.271. The monoisotopic (exact) mass is 191 g/mol. The second kappa shape index (κ2) is 4.36. The van der Waals surface area contributed by atoms with Crippen molar-refractivity contribution >= 4 is 5.78 Å². The Labute approximate surface area is 85.4 Å². The number of aryl methyl sites for hydroxylation is 2. The van der Waals surface area contributed by atoms with E-state index in [0.717, 1.165) is 23.4 Å². The van der Waals surface area contributed by atoms with Gasteiger partial charge in [0.25, 0.3) is 0 Å². The van der Waals surface area contributed by atoms with Crippen molar-refractivity contribution in [2.45, 2.75) is 40.0 Å². The summed E-state index contributed by atoms with van der Waals surface area (Å²) >= 11 is 0. The van der Waals surface area contributed by atoms with Gasteiger partial charge in [-0.2, -0.15) is 0 Å². The summed E-state index contributed by atoms with van der Waals surface area (Å²) in [7, 11) is 0. The van der Waals surface area contributed by atoms with Crippen LogP contribution >= 0.6 is 0 Å². The highest BCUT2D eigenvalue weighted by molar-refractivity contribution is 5.83. The average Bonchev–Trinajstić information content (AvgIpc) is 2.02. The fraction of sp³-hybridized carbons (Fsp3) is 0.500. The van der Waals surface area contributed by atoms with Crippen LogP contribution in [0.3, 0.4) is 0 Å². The highest BCUT2D eigenvalue weighted by Gasteiger charge is 2.14. The number of Topliss-reactive ketones (excluding diaryl/α,β-unsaturated/α-hetero) is 1. The predicted octanol–water partition coefficient (Wildman–Crippen LogP) is 2.78. The molecule has 1 aromatic rings. The van der Waals surface area contributed by atoms with Crippen LogP contribution in [-0.4, -0.2) is 10.8 Å². The van der Waals surface area contributed by atoms with Gasteiger partial charge < -0.3 is 0 Å². The fourth-order valence-electron chi connectivity index (χ4n) is 1.83. The van der Waals surface area contributed by atoms with Gasteiger partial charge in [0, 0.05) is 17.3 Å². The number of hydrogen-bond acceptors (Lipinski definition) is 2. The first-order valence-electron chi connectivity index (χ1n) is 5.00. The highest BCUT2D eigenvalue weighted by Crippen LogP contribution is 2.21. The molecule has 14 heavy (non-hydrogen) atoms. The zero-order valence-electron chi connectivity index (χ0n) is 9.29. The van der Waals surface area contributed by atoms with Gasteiger partial charge in [0.1, 0.15) is 5.78 Å². The normalized spacial score (nSPS) is 12.6. The van der Waals surface area contributed by atoms with Gasteiger partial charge in [0.15, 0.2) is 0 Å². The lowest BCUT2D eigenvalue weighted by Crippen LogP contribution is -2.08. The summed E-state index contributed by atoms with van der Waals surface area (Å²) < 4.78 is 0. The first-order chi connectivity index (χ1) is 6.54. The lowest BCUT2D eigenvalue weighted by Gasteiger charge is -2.12. The van der Waals surface area contributed by atoms with Crippen LogP contribution in [-0.2, 0) is 4.79 Å². The molecular weight excluding hydrogens is 174 g/mol. The summed E-state index contributed by atoms with van der Waals surface area (Å²) in [6, 6.07) is 4.01. The molecule has 0 saturated carbocycles. The van der Waals surface area contributed by atoms with Crippen LogP contribution in [0.25, 0.3) is 0 Å². The molecule has 0 bridgehead atoms. The minimum atomic E-state index is 0.0374. The van der Waals surface area contributed by atoms with E-state index in [1.165, 1.54) is 0 Å². The Bertz CT molecular complexity index is 324. The van der Waals surface area contributed by atoms with Crippen LogP contribution in [0.1, 0.15) is 43.1 Å². The first kappa shape index (κ1) is 10.9. The average molecular weight is 191 g/mol. The molecule has 0 saturated heterocycles. The van der Waals surface area contributed by atoms with Gasteiger partial charge in [0.05, 0.1) is 0 Å². The topological polar surface area (TPSA) is 30.0 Å². The van der Waals surface area contributed by atoms with Crippen molar-refractivity contribution in [2.75, 3.05) is 0 Å². The molecule has 2 heteroatoms. The molecule has 0 aliphatic heterocycles. The van der Waals surface area contributed by atoms with E-state index in [4.69, 9.17) is 0 Å². The number of hydrogen-bond donors (Lipinski definition) is 0. The van der Waals surface area contributed by atoms with Crippen molar-refractivity contribution in [1.82, 2.24) is 4.98 Å².